The van der Waals surface area contributed by atoms with Crippen molar-refractivity contribution in [2.24, 2.45) is 0 Å². The number of fused-ring (bicyclic) bond motifs is 1. The highest BCUT2D eigenvalue weighted by atomic mass is 16.6. The van der Waals surface area contributed by atoms with Crippen LogP contribution in [0.4, 0.5) is 0 Å². The topological polar surface area (TPSA) is 74.3 Å². The zero-order chi connectivity index (χ0) is 19.3. The number of nitrogens with zero attached hydrogens (tertiary/aromatic N) is 1. The first-order valence-corrected chi connectivity index (χ1v) is 9.24. The second-order valence-electron chi connectivity index (χ2n) is 6.49. The fraction of sp³-hybridized carbons (Fsp3) is 0.333. The lowest BCUT2D eigenvalue weighted by Crippen LogP contribution is -2.44. The van der Waals surface area contributed by atoms with Crippen molar-refractivity contribution in [2.45, 2.75) is 6.10 Å². The molecule has 2 aliphatic rings. The minimum absolute atomic E-state index is 0.250. The molecule has 1 amide bonds. The van der Waals surface area contributed by atoms with Crippen molar-refractivity contribution in [1.29, 1.82) is 0 Å². The molecule has 0 aromatic heterocycles. The van der Waals surface area contributed by atoms with Gasteiger partial charge in [-0.25, -0.2) is 4.79 Å². The largest absolute Gasteiger partial charge is 0.486 e. The maximum absolute atomic E-state index is 13.0. The summed E-state index contributed by atoms with van der Waals surface area (Å²) in [6.07, 6.45) is -1.01. The molecule has 2 aromatic rings. The van der Waals surface area contributed by atoms with Gasteiger partial charge in [0.1, 0.15) is 13.2 Å². The monoisotopic (exact) mass is 383 g/mol. The fourth-order valence-electron chi connectivity index (χ4n) is 3.18. The van der Waals surface area contributed by atoms with Crippen LogP contribution >= 0.6 is 0 Å². The molecule has 0 N–H and O–H groups in total. The van der Waals surface area contributed by atoms with Crippen molar-refractivity contribution in [1.82, 2.24) is 4.90 Å². The van der Waals surface area contributed by atoms with Crippen LogP contribution in [0.1, 0.15) is 22.0 Å². The molecule has 146 valence electrons. The third-order valence-electron chi connectivity index (χ3n) is 4.65. The molecule has 0 bridgehead atoms. The van der Waals surface area contributed by atoms with Crippen molar-refractivity contribution < 1.29 is 28.5 Å². The Morgan fingerprint density at radius 3 is 2.36 bits per heavy atom. The molecule has 0 radical (unpaired) electrons. The molecule has 1 atom stereocenters. The molecular formula is C21H21NO6. The van der Waals surface area contributed by atoms with E-state index in [2.05, 4.69) is 0 Å². The van der Waals surface area contributed by atoms with Crippen LogP contribution in [0.2, 0.25) is 0 Å². The van der Waals surface area contributed by atoms with Crippen molar-refractivity contribution in [3.8, 4) is 11.5 Å². The lowest BCUT2D eigenvalue weighted by atomic mass is 10.1. The Kier molecular flexibility index (Phi) is 5.43. The van der Waals surface area contributed by atoms with Crippen molar-refractivity contribution in [2.75, 3.05) is 39.5 Å². The number of rotatable bonds is 4. The molecule has 0 spiro atoms. The molecular weight excluding hydrogens is 362 g/mol. The molecule has 2 aliphatic heterocycles. The number of benzene rings is 2. The van der Waals surface area contributed by atoms with E-state index in [1.165, 1.54) is 0 Å². The highest BCUT2D eigenvalue weighted by molar-refractivity contribution is 5.93. The normalized spacial score (nSPS) is 16.9. The number of hydrogen-bond donors (Lipinski definition) is 0. The molecule has 0 aliphatic carbocycles. The van der Waals surface area contributed by atoms with Gasteiger partial charge in [-0.3, -0.25) is 4.79 Å². The summed E-state index contributed by atoms with van der Waals surface area (Å²) in [4.78, 5) is 27.5. The smallest absolute Gasteiger partial charge is 0.339 e. The van der Waals surface area contributed by atoms with E-state index in [4.69, 9.17) is 18.9 Å². The summed E-state index contributed by atoms with van der Waals surface area (Å²) in [6.45, 7) is 2.80. The van der Waals surface area contributed by atoms with Crippen molar-refractivity contribution in [3.05, 3.63) is 59.7 Å². The van der Waals surface area contributed by atoms with Crippen LogP contribution in [0.15, 0.2) is 48.5 Å². The number of morpholine rings is 1. The number of carbonyl (C=O) groups is 2. The molecule has 2 aromatic carbocycles. The van der Waals surface area contributed by atoms with Crippen LogP contribution in [-0.2, 0) is 14.3 Å². The van der Waals surface area contributed by atoms with Crippen LogP contribution < -0.4 is 9.47 Å². The average molecular weight is 383 g/mol. The number of amides is 1. The summed E-state index contributed by atoms with van der Waals surface area (Å²) < 4.78 is 22.0. The third-order valence-corrected chi connectivity index (χ3v) is 4.65. The summed E-state index contributed by atoms with van der Waals surface area (Å²) in [6, 6.07) is 13.9. The van der Waals surface area contributed by atoms with Crippen molar-refractivity contribution >= 4 is 11.9 Å². The van der Waals surface area contributed by atoms with Gasteiger partial charge >= 0.3 is 5.97 Å². The SMILES string of the molecule is O=C(O[C@H](C(=O)N1CCOCC1)c1ccccc1)c1ccc2c(c1)OCCO2. The van der Waals surface area contributed by atoms with Gasteiger partial charge in [-0.2, -0.15) is 0 Å². The first-order chi connectivity index (χ1) is 13.7. The highest BCUT2D eigenvalue weighted by Crippen LogP contribution is 2.32. The predicted octanol–water partition coefficient (Wildman–Crippen LogP) is 2.21. The molecule has 2 heterocycles. The average Bonchev–Trinajstić information content (AvgIpc) is 2.77. The molecule has 7 nitrogen and oxygen atoms in total. The van der Waals surface area contributed by atoms with Crippen LogP contribution in [0.5, 0.6) is 11.5 Å². The molecule has 4 rings (SSSR count). The van der Waals surface area contributed by atoms with Gasteiger partial charge in [-0.15, -0.1) is 0 Å². The summed E-state index contributed by atoms with van der Waals surface area (Å²) in [7, 11) is 0. The van der Waals surface area contributed by atoms with Gasteiger partial charge in [0.05, 0.1) is 18.8 Å². The first-order valence-electron chi connectivity index (χ1n) is 9.24. The van der Waals surface area contributed by atoms with E-state index in [1.54, 1.807) is 35.2 Å². The molecule has 0 unspecified atom stereocenters. The molecule has 0 saturated carbocycles. The minimum Gasteiger partial charge on any atom is -0.486 e. The van der Waals surface area contributed by atoms with Gasteiger partial charge in [0, 0.05) is 18.7 Å². The number of esters is 1. The van der Waals surface area contributed by atoms with Gasteiger partial charge in [-0.1, -0.05) is 30.3 Å². The second-order valence-corrected chi connectivity index (χ2v) is 6.49. The standard InChI is InChI=1S/C21H21NO6/c23-20(22-8-10-25-11-9-22)19(15-4-2-1-3-5-15)28-21(24)16-6-7-17-18(14-16)27-13-12-26-17/h1-7,14,19H,8-13H2/t19-/m0/s1. The second kappa shape index (κ2) is 8.31. The van der Waals surface area contributed by atoms with Gasteiger partial charge in [0.25, 0.3) is 5.91 Å². The Balaban J connectivity index is 1.56. The van der Waals surface area contributed by atoms with Gasteiger partial charge in [0.15, 0.2) is 11.5 Å². The Labute approximate surface area is 162 Å². The summed E-state index contributed by atoms with van der Waals surface area (Å²) in [5, 5.41) is 0. The number of carbonyl (C=O) groups excluding carboxylic acids is 2. The lowest BCUT2D eigenvalue weighted by Gasteiger charge is -2.30. The fourth-order valence-corrected chi connectivity index (χ4v) is 3.18. The quantitative estimate of drug-likeness (QED) is 0.754. The molecule has 28 heavy (non-hydrogen) atoms. The third kappa shape index (κ3) is 3.94. The van der Waals surface area contributed by atoms with Crippen LogP contribution in [0, 0.1) is 0 Å². The van der Waals surface area contributed by atoms with E-state index in [0.29, 0.717) is 62.1 Å². The van der Waals surface area contributed by atoms with Crippen LogP contribution in [0.25, 0.3) is 0 Å². The van der Waals surface area contributed by atoms with E-state index in [9.17, 15) is 9.59 Å². The summed E-state index contributed by atoms with van der Waals surface area (Å²) >= 11 is 0. The predicted molar refractivity (Wildman–Crippen MR) is 99.4 cm³/mol. The zero-order valence-corrected chi connectivity index (χ0v) is 15.3. The zero-order valence-electron chi connectivity index (χ0n) is 15.3. The Morgan fingerprint density at radius 1 is 0.893 bits per heavy atom. The Bertz CT molecular complexity index is 847. The first kappa shape index (κ1) is 18.3. The molecule has 1 fully saturated rings. The van der Waals surface area contributed by atoms with Gasteiger partial charge in [-0.05, 0) is 18.2 Å². The van der Waals surface area contributed by atoms with Crippen LogP contribution in [-0.4, -0.2) is 56.3 Å². The van der Waals surface area contributed by atoms with Gasteiger partial charge in [0.2, 0.25) is 6.10 Å². The molecule has 7 heteroatoms. The Hall–Kier alpha value is -3.06. The van der Waals surface area contributed by atoms with E-state index in [0.717, 1.165) is 0 Å². The maximum Gasteiger partial charge on any atom is 0.339 e. The molecule has 1 saturated heterocycles. The van der Waals surface area contributed by atoms with E-state index < -0.39 is 12.1 Å². The van der Waals surface area contributed by atoms with E-state index in [1.807, 2.05) is 18.2 Å². The Morgan fingerprint density at radius 2 is 1.61 bits per heavy atom. The highest BCUT2D eigenvalue weighted by Gasteiger charge is 2.31. The summed E-state index contributed by atoms with van der Waals surface area (Å²) in [5.74, 6) is 0.246. The number of hydrogen-bond acceptors (Lipinski definition) is 6. The van der Waals surface area contributed by atoms with Crippen LogP contribution in [0.3, 0.4) is 0 Å². The van der Waals surface area contributed by atoms with Gasteiger partial charge < -0.3 is 23.8 Å². The maximum atomic E-state index is 13.0. The summed E-state index contributed by atoms with van der Waals surface area (Å²) in [5.41, 5.74) is 0.935. The van der Waals surface area contributed by atoms with E-state index >= 15 is 0 Å². The van der Waals surface area contributed by atoms with E-state index in [-0.39, 0.29) is 5.91 Å². The number of ether oxygens (including phenoxy) is 4. The lowest BCUT2D eigenvalue weighted by molar-refractivity contribution is -0.145. The van der Waals surface area contributed by atoms with Crippen molar-refractivity contribution in [3.63, 3.8) is 0 Å². The minimum atomic E-state index is -1.01.